The first-order valence-corrected chi connectivity index (χ1v) is 9.88. The third kappa shape index (κ3) is 3.63. The van der Waals surface area contributed by atoms with Crippen molar-refractivity contribution in [1.82, 2.24) is 15.0 Å². The zero-order chi connectivity index (χ0) is 19.7. The minimum Gasteiger partial charge on any atom is -0.477 e. The van der Waals surface area contributed by atoms with E-state index in [-0.39, 0.29) is 17.1 Å². The van der Waals surface area contributed by atoms with E-state index in [9.17, 15) is 15.0 Å². The number of pyridine rings is 1. The van der Waals surface area contributed by atoms with Crippen molar-refractivity contribution < 1.29 is 19.7 Å². The van der Waals surface area contributed by atoms with Gasteiger partial charge < -0.3 is 20.3 Å². The first-order chi connectivity index (χ1) is 13.5. The molecule has 9 heteroatoms. The molecule has 4 rings (SSSR count). The summed E-state index contributed by atoms with van der Waals surface area (Å²) in [4.78, 5) is 25.2. The maximum absolute atomic E-state index is 11.5. The van der Waals surface area contributed by atoms with Crippen LogP contribution in [0.5, 0.6) is 5.88 Å². The quantitative estimate of drug-likeness (QED) is 0.595. The standard InChI is InChI=1S/C19H20N4O4S/c1-10-14-16(21-9-22-18(14)28-15(10)19(25)26)23-13-3-2-8-20-17(13)27-12-6-4-11(24)5-7-12/h2-3,8-9,11-12,24H,4-7H2,1H3,(H,25,26)(H,21,22,23). The van der Waals surface area contributed by atoms with Gasteiger partial charge in [-0.15, -0.1) is 11.3 Å². The fourth-order valence-electron chi connectivity index (χ4n) is 3.40. The largest absolute Gasteiger partial charge is 0.477 e. The number of carboxylic acids is 1. The van der Waals surface area contributed by atoms with E-state index in [2.05, 4.69) is 20.3 Å². The number of aromatic nitrogens is 3. The molecular formula is C19H20N4O4S. The van der Waals surface area contributed by atoms with Crippen LogP contribution in [0.25, 0.3) is 10.2 Å². The Morgan fingerprint density at radius 1 is 1.25 bits per heavy atom. The lowest BCUT2D eigenvalue weighted by Gasteiger charge is -2.26. The predicted molar refractivity (Wildman–Crippen MR) is 106 cm³/mol. The lowest BCUT2D eigenvalue weighted by molar-refractivity contribution is 0.0647. The van der Waals surface area contributed by atoms with Crippen molar-refractivity contribution in [2.45, 2.75) is 44.8 Å². The highest BCUT2D eigenvalue weighted by Crippen LogP contribution is 2.36. The zero-order valence-electron chi connectivity index (χ0n) is 15.3. The molecule has 3 heterocycles. The Morgan fingerprint density at radius 3 is 2.79 bits per heavy atom. The highest BCUT2D eigenvalue weighted by molar-refractivity contribution is 7.20. The Labute approximate surface area is 165 Å². The number of carboxylic acid groups (broad SMARTS) is 1. The normalized spacial score (nSPS) is 19.5. The van der Waals surface area contributed by atoms with Crippen molar-refractivity contribution in [2.24, 2.45) is 0 Å². The van der Waals surface area contributed by atoms with Crippen LogP contribution in [0.1, 0.15) is 40.9 Å². The molecule has 146 valence electrons. The summed E-state index contributed by atoms with van der Waals surface area (Å²) in [5.74, 6) is 0.00138. The Hall–Kier alpha value is -2.78. The minimum absolute atomic E-state index is 0.00534. The molecule has 8 nitrogen and oxygen atoms in total. The average Bonchev–Trinajstić information content (AvgIpc) is 3.03. The summed E-state index contributed by atoms with van der Waals surface area (Å²) in [5.41, 5.74) is 1.28. The number of thiophene rings is 1. The summed E-state index contributed by atoms with van der Waals surface area (Å²) in [6, 6.07) is 3.63. The van der Waals surface area contributed by atoms with E-state index in [1.54, 1.807) is 19.2 Å². The van der Waals surface area contributed by atoms with Crippen LogP contribution in [0.3, 0.4) is 0 Å². The number of aryl methyl sites for hydroxylation is 1. The van der Waals surface area contributed by atoms with Crippen LogP contribution in [0.4, 0.5) is 11.5 Å². The number of nitrogens with zero attached hydrogens (tertiary/aromatic N) is 3. The second-order valence-corrected chi connectivity index (χ2v) is 7.79. The summed E-state index contributed by atoms with van der Waals surface area (Å²) < 4.78 is 6.07. The van der Waals surface area contributed by atoms with Crippen LogP contribution in [0, 0.1) is 6.92 Å². The maximum Gasteiger partial charge on any atom is 0.346 e. The van der Waals surface area contributed by atoms with Gasteiger partial charge in [0.05, 0.1) is 11.5 Å². The van der Waals surface area contributed by atoms with E-state index in [0.29, 0.717) is 33.2 Å². The third-order valence-electron chi connectivity index (χ3n) is 4.87. The van der Waals surface area contributed by atoms with E-state index in [1.165, 1.54) is 6.33 Å². The van der Waals surface area contributed by atoms with Gasteiger partial charge >= 0.3 is 5.97 Å². The number of hydrogen-bond donors (Lipinski definition) is 3. The molecule has 0 amide bonds. The van der Waals surface area contributed by atoms with E-state index in [1.807, 2.05) is 6.07 Å². The van der Waals surface area contributed by atoms with Gasteiger partial charge in [-0.2, -0.15) is 0 Å². The van der Waals surface area contributed by atoms with Gasteiger partial charge in [0, 0.05) is 6.20 Å². The van der Waals surface area contributed by atoms with Gasteiger partial charge in [-0.3, -0.25) is 0 Å². The highest BCUT2D eigenvalue weighted by atomic mass is 32.1. The van der Waals surface area contributed by atoms with Crippen LogP contribution >= 0.6 is 11.3 Å². The van der Waals surface area contributed by atoms with Gasteiger partial charge in [0.15, 0.2) is 0 Å². The molecule has 0 saturated heterocycles. The Kier molecular flexibility index (Phi) is 5.10. The minimum atomic E-state index is -0.976. The van der Waals surface area contributed by atoms with Crippen LogP contribution < -0.4 is 10.1 Å². The highest BCUT2D eigenvalue weighted by Gasteiger charge is 2.23. The molecule has 3 aromatic rings. The van der Waals surface area contributed by atoms with Crippen molar-refractivity contribution in [3.63, 3.8) is 0 Å². The molecule has 3 aromatic heterocycles. The number of ether oxygens (including phenoxy) is 1. The Bertz CT molecular complexity index is 1010. The van der Waals surface area contributed by atoms with E-state index in [0.717, 1.165) is 37.0 Å². The second kappa shape index (κ2) is 7.69. The number of hydrogen-bond acceptors (Lipinski definition) is 8. The molecule has 1 aliphatic carbocycles. The van der Waals surface area contributed by atoms with Crippen molar-refractivity contribution >= 4 is 39.0 Å². The molecular weight excluding hydrogens is 380 g/mol. The molecule has 0 atom stereocenters. The SMILES string of the molecule is Cc1c(C(=O)O)sc2ncnc(Nc3cccnc3OC3CCC(O)CC3)c12. The van der Waals surface area contributed by atoms with E-state index in [4.69, 9.17) is 4.74 Å². The number of aliphatic hydroxyl groups is 1. The molecule has 28 heavy (non-hydrogen) atoms. The molecule has 0 unspecified atom stereocenters. The lowest BCUT2D eigenvalue weighted by atomic mass is 9.95. The lowest BCUT2D eigenvalue weighted by Crippen LogP contribution is -2.27. The molecule has 1 fully saturated rings. The van der Waals surface area contributed by atoms with Gasteiger partial charge in [-0.05, 0) is 50.3 Å². The van der Waals surface area contributed by atoms with Crippen LogP contribution in [-0.4, -0.2) is 43.3 Å². The maximum atomic E-state index is 11.5. The van der Waals surface area contributed by atoms with Crippen molar-refractivity contribution in [2.75, 3.05) is 5.32 Å². The molecule has 0 radical (unpaired) electrons. The summed E-state index contributed by atoms with van der Waals surface area (Å²) in [6.07, 6.45) is 5.82. The van der Waals surface area contributed by atoms with Crippen LogP contribution in [0.15, 0.2) is 24.7 Å². The molecule has 0 spiro atoms. The van der Waals surface area contributed by atoms with Crippen molar-refractivity contribution in [3.8, 4) is 5.88 Å². The number of aromatic carboxylic acids is 1. The summed E-state index contributed by atoms with van der Waals surface area (Å²) in [6.45, 7) is 1.75. The summed E-state index contributed by atoms with van der Waals surface area (Å²) >= 11 is 1.13. The molecule has 0 aromatic carbocycles. The Balaban J connectivity index is 1.64. The number of carbonyl (C=O) groups is 1. The second-order valence-electron chi connectivity index (χ2n) is 6.79. The number of fused-ring (bicyclic) bond motifs is 1. The van der Waals surface area contributed by atoms with E-state index < -0.39 is 5.97 Å². The first kappa shape index (κ1) is 18.6. The van der Waals surface area contributed by atoms with E-state index >= 15 is 0 Å². The predicted octanol–water partition coefficient (Wildman–Crippen LogP) is 3.52. The number of nitrogens with one attached hydrogen (secondary N) is 1. The topological polar surface area (TPSA) is 117 Å². The number of rotatable bonds is 5. The monoisotopic (exact) mass is 400 g/mol. The summed E-state index contributed by atoms with van der Waals surface area (Å²) in [5, 5.41) is 23.0. The van der Waals surface area contributed by atoms with Crippen LogP contribution in [0.2, 0.25) is 0 Å². The first-order valence-electron chi connectivity index (χ1n) is 9.07. The third-order valence-corrected chi connectivity index (χ3v) is 6.06. The van der Waals surface area contributed by atoms with Gasteiger partial charge in [0.2, 0.25) is 5.88 Å². The molecule has 1 saturated carbocycles. The molecule has 1 aliphatic rings. The fourth-order valence-corrected chi connectivity index (χ4v) is 4.39. The number of anilines is 2. The number of aliphatic hydroxyl groups excluding tert-OH is 1. The average molecular weight is 400 g/mol. The molecule has 0 aliphatic heterocycles. The van der Waals surface area contributed by atoms with Crippen molar-refractivity contribution in [1.29, 1.82) is 0 Å². The molecule has 0 bridgehead atoms. The van der Waals surface area contributed by atoms with Gasteiger partial charge in [0.25, 0.3) is 0 Å². The smallest absolute Gasteiger partial charge is 0.346 e. The zero-order valence-corrected chi connectivity index (χ0v) is 16.1. The Morgan fingerprint density at radius 2 is 2.04 bits per heavy atom. The van der Waals surface area contributed by atoms with Crippen molar-refractivity contribution in [3.05, 3.63) is 35.1 Å². The van der Waals surface area contributed by atoms with Gasteiger partial charge in [-0.1, -0.05) is 0 Å². The summed E-state index contributed by atoms with van der Waals surface area (Å²) in [7, 11) is 0. The van der Waals surface area contributed by atoms with Crippen LogP contribution in [-0.2, 0) is 0 Å². The van der Waals surface area contributed by atoms with Gasteiger partial charge in [0.1, 0.15) is 33.6 Å². The van der Waals surface area contributed by atoms with Gasteiger partial charge in [-0.25, -0.2) is 19.7 Å². The fraction of sp³-hybridized carbons (Fsp3) is 0.368. The molecule has 3 N–H and O–H groups in total.